The summed E-state index contributed by atoms with van der Waals surface area (Å²) >= 11 is 5.95. The van der Waals surface area contributed by atoms with Crippen molar-refractivity contribution >= 4 is 40.1 Å². The van der Waals surface area contributed by atoms with Crippen LogP contribution in [0.4, 0.5) is 5.69 Å². The minimum absolute atomic E-state index is 0.344. The minimum atomic E-state index is -1.05. The fraction of sp³-hybridized carbons (Fsp3) is 0.238. The van der Waals surface area contributed by atoms with Crippen LogP contribution in [0.2, 0.25) is 5.02 Å². The number of hydrogen-bond acceptors (Lipinski definition) is 5. The molecule has 1 atom stereocenters. The Kier molecular flexibility index (Phi) is 5.98. The molecule has 0 bridgehead atoms. The highest BCUT2D eigenvalue weighted by Gasteiger charge is 2.19. The molecule has 1 N–H and O–H groups in total. The van der Waals surface area contributed by atoms with E-state index in [2.05, 4.69) is 10.3 Å². The number of fused-ring (bicyclic) bond motifs is 1. The number of nitrogens with one attached hydrogen (secondary N) is 1. The van der Waals surface area contributed by atoms with Gasteiger partial charge in [0, 0.05) is 10.7 Å². The molecule has 2 aromatic carbocycles. The van der Waals surface area contributed by atoms with E-state index in [-0.39, 0.29) is 12.1 Å². The van der Waals surface area contributed by atoms with Crippen molar-refractivity contribution in [3.63, 3.8) is 0 Å². The number of aryl methyl sites for hydroxylation is 2. The maximum Gasteiger partial charge on any atom is 0.326 e. The highest BCUT2D eigenvalue weighted by atomic mass is 35.5. The third-order valence-corrected chi connectivity index (χ3v) is 4.72. The SMILES string of the molecule is Cc1ccc(Cl)cc1NC(=O)C(C)OC(=O)Cn1cnc2c(C)cccc2c1=O. The van der Waals surface area contributed by atoms with Gasteiger partial charge in [-0.25, -0.2) is 4.98 Å². The van der Waals surface area contributed by atoms with E-state index in [1.807, 2.05) is 19.9 Å². The van der Waals surface area contributed by atoms with E-state index >= 15 is 0 Å². The molecule has 1 heterocycles. The van der Waals surface area contributed by atoms with Gasteiger partial charge >= 0.3 is 5.97 Å². The average Bonchev–Trinajstić information content (AvgIpc) is 2.67. The van der Waals surface area contributed by atoms with Gasteiger partial charge in [-0.05, 0) is 50.1 Å². The van der Waals surface area contributed by atoms with Gasteiger partial charge in [0.15, 0.2) is 6.10 Å². The molecule has 3 rings (SSSR count). The first-order chi connectivity index (χ1) is 13.8. The van der Waals surface area contributed by atoms with Crippen LogP contribution in [0.15, 0.2) is 47.5 Å². The summed E-state index contributed by atoms with van der Waals surface area (Å²) in [5.41, 5.74) is 2.48. The predicted octanol–water partition coefficient (Wildman–Crippen LogP) is 3.24. The third-order valence-electron chi connectivity index (χ3n) is 4.49. The van der Waals surface area contributed by atoms with Crippen molar-refractivity contribution in [1.82, 2.24) is 9.55 Å². The Morgan fingerprint density at radius 2 is 1.97 bits per heavy atom. The van der Waals surface area contributed by atoms with E-state index in [9.17, 15) is 14.4 Å². The second-order valence-corrected chi connectivity index (χ2v) is 7.17. The number of amides is 1. The molecule has 150 valence electrons. The molecule has 0 saturated heterocycles. The number of rotatable bonds is 5. The lowest BCUT2D eigenvalue weighted by atomic mass is 10.1. The second kappa shape index (κ2) is 8.45. The van der Waals surface area contributed by atoms with Crippen LogP contribution in [-0.2, 0) is 20.9 Å². The van der Waals surface area contributed by atoms with Crippen molar-refractivity contribution in [2.45, 2.75) is 33.4 Å². The lowest BCUT2D eigenvalue weighted by Crippen LogP contribution is -2.33. The second-order valence-electron chi connectivity index (χ2n) is 6.73. The fourth-order valence-electron chi connectivity index (χ4n) is 2.84. The number of carbonyl (C=O) groups excluding carboxylic acids is 2. The molecule has 1 unspecified atom stereocenters. The van der Waals surface area contributed by atoms with Gasteiger partial charge in [0.05, 0.1) is 17.2 Å². The fourth-order valence-corrected chi connectivity index (χ4v) is 3.01. The summed E-state index contributed by atoms with van der Waals surface area (Å²) in [5, 5.41) is 3.58. The van der Waals surface area contributed by atoms with Crippen LogP contribution in [0, 0.1) is 13.8 Å². The molecule has 3 aromatic rings. The minimum Gasteiger partial charge on any atom is -0.451 e. The van der Waals surface area contributed by atoms with Crippen molar-refractivity contribution in [2.75, 3.05) is 5.32 Å². The third kappa shape index (κ3) is 4.63. The van der Waals surface area contributed by atoms with Crippen LogP contribution in [0.1, 0.15) is 18.1 Å². The summed E-state index contributed by atoms with van der Waals surface area (Å²) in [4.78, 5) is 41.4. The van der Waals surface area contributed by atoms with E-state index in [0.717, 1.165) is 15.7 Å². The van der Waals surface area contributed by atoms with Gasteiger partial charge in [0.2, 0.25) is 0 Å². The maximum absolute atomic E-state index is 12.6. The van der Waals surface area contributed by atoms with Crippen LogP contribution < -0.4 is 10.9 Å². The molecular formula is C21H20ClN3O4. The smallest absolute Gasteiger partial charge is 0.326 e. The van der Waals surface area contributed by atoms with Crippen LogP contribution in [0.5, 0.6) is 0 Å². The van der Waals surface area contributed by atoms with Gasteiger partial charge in [-0.15, -0.1) is 0 Å². The number of halogens is 1. The number of esters is 1. The van der Waals surface area contributed by atoms with Crippen LogP contribution in [0.3, 0.4) is 0 Å². The largest absolute Gasteiger partial charge is 0.451 e. The Labute approximate surface area is 172 Å². The standard InChI is InChI=1S/C21H20ClN3O4/c1-12-7-8-15(22)9-17(12)24-20(27)14(3)29-18(26)10-25-11-23-19-13(2)5-4-6-16(19)21(25)28/h4-9,11,14H,10H2,1-3H3,(H,24,27). The summed E-state index contributed by atoms with van der Waals surface area (Å²) in [6, 6.07) is 10.4. The zero-order chi connectivity index (χ0) is 21.1. The highest BCUT2D eigenvalue weighted by Crippen LogP contribution is 2.20. The Morgan fingerprint density at radius 1 is 1.21 bits per heavy atom. The lowest BCUT2D eigenvalue weighted by Gasteiger charge is -2.15. The summed E-state index contributed by atoms with van der Waals surface area (Å²) in [6.07, 6.45) is 0.256. The molecule has 0 fully saturated rings. The maximum atomic E-state index is 12.6. The van der Waals surface area contributed by atoms with Gasteiger partial charge in [0.1, 0.15) is 6.54 Å². The Morgan fingerprint density at radius 3 is 2.72 bits per heavy atom. The Bertz CT molecular complexity index is 1160. The quantitative estimate of drug-likeness (QED) is 0.648. The van der Waals surface area contributed by atoms with Gasteiger partial charge in [-0.3, -0.25) is 19.0 Å². The Balaban J connectivity index is 1.68. The number of carbonyl (C=O) groups is 2. The molecule has 1 amide bonds. The number of aromatic nitrogens is 2. The highest BCUT2D eigenvalue weighted by molar-refractivity contribution is 6.31. The Hall–Kier alpha value is -3.19. The number of ether oxygens (including phenoxy) is 1. The zero-order valence-corrected chi connectivity index (χ0v) is 17.0. The first kappa shape index (κ1) is 20.5. The van der Waals surface area contributed by atoms with Crippen LogP contribution in [-0.4, -0.2) is 27.5 Å². The van der Waals surface area contributed by atoms with E-state index in [4.69, 9.17) is 16.3 Å². The molecule has 0 spiro atoms. The summed E-state index contributed by atoms with van der Waals surface area (Å²) in [6.45, 7) is 4.79. The molecule has 0 aliphatic heterocycles. The van der Waals surface area contributed by atoms with Crippen molar-refractivity contribution < 1.29 is 14.3 Å². The van der Waals surface area contributed by atoms with Gasteiger partial charge < -0.3 is 10.1 Å². The molecule has 0 aliphatic rings. The topological polar surface area (TPSA) is 90.3 Å². The van der Waals surface area contributed by atoms with E-state index in [0.29, 0.717) is 21.6 Å². The van der Waals surface area contributed by atoms with E-state index in [1.54, 1.807) is 30.3 Å². The molecule has 0 aliphatic carbocycles. The van der Waals surface area contributed by atoms with Gasteiger partial charge in [0.25, 0.3) is 11.5 Å². The van der Waals surface area contributed by atoms with E-state index < -0.39 is 18.0 Å². The molecule has 7 nitrogen and oxygen atoms in total. The molecule has 1 aromatic heterocycles. The molecule has 8 heteroatoms. The predicted molar refractivity (Wildman–Crippen MR) is 111 cm³/mol. The molecule has 29 heavy (non-hydrogen) atoms. The average molecular weight is 414 g/mol. The molecule has 0 saturated carbocycles. The number of hydrogen-bond donors (Lipinski definition) is 1. The van der Waals surface area contributed by atoms with Crippen LogP contribution >= 0.6 is 11.6 Å². The first-order valence-corrected chi connectivity index (χ1v) is 9.35. The zero-order valence-electron chi connectivity index (χ0n) is 16.2. The molecular weight excluding hydrogens is 394 g/mol. The van der Waals surface area contributed by atoms with E-state index in [1.165, 1.54) is 13.3 Å². The number of para-hydroxylation sites is 1. The summed E-state index contributed by atoms with van der Waals surface area (Å²) < 4.78 is 6.34. The van der Waals surface area contributed by atoms with Gasteiger partial charge in [-0.1, -0.05) is 29.8 Å². The normalized spacial score (nSPS) is 11.9. The number of nitrogens with zero attached hydrogens (tertiary/aromatic N) is 2. The van der Waals surface area contributed by atoms with Crippen molar-refractivity contribution in [3.8, 4) is 0 Å². The number of anilines is 1. The summed E-state index contributed by atoms with van der Waals surface area (Å²) in [5.74, 6) is -1.21. The molecule has 0 radical (unpaired) electrons. The number of benzene rings is 2. The van der Waals surface area contributed by atoms with Crippen molar-refractivity contribution in [1.29, 1.82) is 0 Å². The van der Waals surface area contributed by atoms with Gasteiger partial charge in [-0.2, -0.15) is 0 Å². The summed E-state index contributed by atoms with van der Waals surface area (Å²) in [7, 11) is 0. The lowest BCUT2D eigenvalue weighted by molar-refractivity contribution is -0.153. The first-order valence-electron chi connectivity index (χ1n) is 8.97. The monoisotopic (exact) mass is 413 g/mol. The van der Waals surface area contributed by atoms with Crippen molar-refractivity contribution in [2.24, 2.45) is 0 Å². The van der Waals surface area contributed by atoms with Crippen LogP contribution in [0.25, 0.3) is 10.9 Å². The van der Waals surface area contributed by atoms with Crippen molar-refractivity contribution in [3.05, 3.63) is 69.2 Å².